The lowest BCUT2D eigenvalue weighted by molar-refractivity contribution is 0.0920. The number of hydrogen-bond donors (Lipinski definition) is 2. The molecule has 0 saturated carbocycles. The Kier molecular flexibility index (Phi) is 4.65. The molecule has 1 amide bonds. The van der Waals surface area contributed by atoms with E-state index in [1.54, 1.807) is 6.07 Å². The molecule has 0 bridgehead atoms. The molecule has 2 aromatic carbocycles. The van der Waals surface area contributed by atoms with Gasteiger partial charge in [0, 0.05) is 6.54 Å². The van der Waals surface area contributed by atoms with Crippen molar-refractivity contribution in [1.29, 1.82) is 0 Å². The number of benzene rings is 2. The fraction of sp³-hybridized carbons (Fsp3) is 0.188. The Morgan fingerprint density at radius 2 is 1.76 bits per heavy atom. The fourth-order valence-electron chi connectivity index (χ4n) is 1.86. The topological polar surface area (TPSA) is 49.3 Å². The van der Waals surface area contributed by atoms with Crippen molar-refractivity contribution in [2.75, 3.05) is 6.54 Å². The molecule has 0 aliphatic heterocycles. The van der Waals surface area contributed by atoms with Crippen molar-refractivity contribution < 1.29 is 18.7 Å². The lowest BCUT2D eigenvalue weighted by Crippen LogP contribution is -2.31. The number of carbonyl (C=O) groups excluding carboxylic acids is 1. The predicted octanol–water partition coefficient (Wildman–Crippen LogP) is 2.74. The van der Waals surface area contributed by atoms with Crippen LogP contribution in [-0.4, -0.2) is 23.7 Å². The summed E-state index contributed by atoms with van der Waals surface area (Å²) in [4.78, 5) is 11.8. The maximum absolute atomic E-state index is 14.0. The first-order valence-electron chi connectivity index (χ1n) is 6.49. The molecule has 1 unspecified atom stereocenters. The monoisotopic (exact) mass is 291 g/mol. The summed E-state index contributed by atoms with van der Waals surface area (Å²) in [5, 5.41) is 11.5. The molecular weight excluding hydrogens is 276 g/mol. The van der Waals surface area contributed by atoms with Gasteiger partial charge in [-0.2, -0.15) is 0 Å². The fourth-order valence-corrected chi connectivity index (χ4v) is 1.86. The van der Waals surface area contributed by atoms with Gasteiger partial charge >= 0.3 is 0 Å². The molecule has 0 fully saturated rings. The summed E-state index contributed by atoms with van der Waals surface area (Å²) in [6.07, 6.45) is -0.699. The highest BCUT2D eigenvalue weighted by Gasteiger charge is 2.13. The number of rotatable bonds is 4. The molecule has 0 aliphatic carbocycles. The lowest BCUT2D eigenvalue weighted by atomic mass is 10.0. The predicted molar refractivity (Wildman–Crippen MR) is 75.8 cm³/mol. The van der Waals surface area contributed by atoms with Crippen molar-refractivity contribution in [1.82, 2.24) is 5.32 Å². The second-order valence-electron chi connectivity index (χ2n) is 4.76. The van der Waals surface area contributed by atoms with E-state index >= 15 is 0 Å². The van der Waals surface area contributed by atoms with Gasteiger partial charge in [0.2, 0.25) is 0 Å². The first-order valence-corrected chi connectivity index (χ1v) is 6.49. The van der Waals surface area contributed by atoms with E-state index in [4.69, 9.17) is 5.11 Å². The molecule has 5 heteroatoms. The molecule has 0 aromatic heterocycles. The summed E-state index contributed by atoms with van der Waals surface area (Å²) in [5.41, 5.74) is 1.12. The highest BCUT2D eigenvalue weighted by molar-refractivity contribution is 5.95. The Hall–Kier alpha value is -2.27. The molecule has 1 atom stereocenters. The van der Waals surface area contributed by atoms with Crippen molar-refractivity contribution in [3.8, 4) is 11.1 Å². The van der Waals surface area contributed by atoms with Crippen LogP contribution in [0, 0.1) is 11.6 Å². The summed E-state index contributed by atoms with van der Waals surface area (Å²) >= 11 is 0. The minimum absolute atomic E-state index is 0.0536. The molecule has 110 valence electrons. The lowest BCUT2D eigenvalue weighted by Gasteiger charge is -2.09. The Morgan fingerprint density at radius 3 is 2.33 bits per heavy atom. The number of aliphatic hydroxyl groups excluding tert-OH is 1. The van der Waals surface area contributed by atoms with E-state index in [9.17, 15) is 13.6 Å². The molecule has 2 aromatic rings. The second kappa shape index (κ2) is 6.45. The maximum Gasteiger partial charge on any atom is 0.254 e. The SMILES string of the molecule is CC(O)CNC(=O)c1ccc(-c2ccc(F)cc2)cc1F. The summed E-state index contributed by atoms with van der Waals surface area (Å²) in [5.74, 6) is -1.62. The summed E-state index contributed by atoms with van der Waals surface area (Å²) in [6.45, 7) is 1.58. The average Bonchev–Trinajstić information content (AvgIpc) is 2.45. The second-order valence-corrected chi connectivity index (χ2v) is 4.76. The van der Waals surface area contributed by atoms with Crippen LogP contribution >= 0.6 is 0 Å². The van der Waals surface area contributed by atoms with Gasteiger partial charge in [0.05, 0.1) is 11.7 Å². The Bertz CT molecular complexity index is 639. The van der Waals surface area contributed by atoms with Gasteiger partial charge in [-0.1, -0.05) is 18.2 Å². The quantitative estimate of drug-likeness (QED) is 0.910. The van der Waals surface area contributed by atoms with Gasteiger partial charge in [-0.05, 0) is 42.3 Å². The van der Waals surface area contributed by atoms with Crippen molar-refractivity contribution >= 4 is 5.91 Å². The van der Waals surface area contributed by atoms with Crippen molar-refractivity contribution in [2.24, 2.45) is 0 Å². The van der Waals surface area contributed by atoms with Gasteiger partial charge in [0.25, 0.3) is 5.91 Å². The zero-order valence-electron chi connectivity index (χ0n) is 11.4. The third-order valence-electron chi connectivity index (χ3n) is 2.95. The van der Waals surface area contributed by atoms with Crippen LogP contribution in [-0.2, 0) is 0 Å². The maximum atomic E-state index is 14.0. The average molecular weight is 291 g/mol. The number of aliphatic hydroxyl groups is 1. The van der Waals surface area contributed by atoms with E-state index in [2.05, 4.69) is 5.32 Å². The van der Waals surface area contributed by atoms with Crippen LogP contribution in [0.15, 0.2) is 42.5 Å². The minimum Gasteiger partial charge on any atom is -0.392 e. The van der Waals surface area contributed by atoms with Crippen LogP contribution in [0.3, 0.4) is 0 Å². The Balaban J connectivity index is 2.21. The zero-order valence-corrected chi connectivity index (χ0v) is 11.4. The normalized spacial score (nSPS) is 12.0. The molecule has 0 saturated heterocycles. The van der Waals surface area contributed by atoms with Crippen LogP contribution in [0.1, 0.15) is 17.3 Å². The van der Waals surface area contributed by atoms with Crippen LogP contribution in [0.2, 0.25) is 0 Å². The number of nitrogens with one attached hydrogen (secondary N) is 1. The third-order valence-corrected chi connectivity index (χ3v) is 2.95. The summed E-state index contributed by atoms with van der Waals surface area (Å²) in [6, 6.07) is 9.84. The van der Waals surface area contributed by atoms with E-state index in [1.807, 2.05) is 0 Å². The molecule has 0 radical (unpaired) electrons. The van der Waals surface area contributed by atoms with E-state index < -0.39 is 17.8 Å². The summed E-state index contributed by atoms with van der Waals surface area (Å²) < 4.78 is 26.8. The largest absolute Gasteiger partial charge is 0.392 e. The Morgan fingerprint density at radius 1 is 1.14 bits per heavy atom. The van der Waals surface area contributed by atoms with Crippen molar-refractivity contribution in [2.45, 2.75) is 13.0 Å². The molecule has 0 spiro atoms. The van der Waals surface area contributed by atoms with E-state index in [1.165, 1.54) is 43.3 Å². The van der Waals surface area contributed by atoms with Crippen LogP contribution < -0.4 is 5.32 Å². The van der Waals surface area contributed by atoms with Gasteiger partial charge < -0.3 is 10.4 Å². The number of carbonyl (C=O) groups is 1. The first-order chi connectivity index (χ1) is 9.97. The highest BCUT2D eigenvalue weighted by Crippen LogP contribution is 2.22. The smallest absolute Gasteiger partial charge is 0.254 e. The van der Waals surface area contributed by atoms with Gasteiger partial charge in [0.15, 0.2) is 0 Å². The van der Waals surface area contributed by atoms with Gasteiger partial charge in [-0.3, -0.25) is 4.79 Å². The van der Waals surface area contributed by atoms with E-state index in [0.29, 0.717) is 11.1 Å². The first kappa shape index (κ1) is 15.1. The molecule has 2 rings (SSSR count). The molecule has 0 aliphatic rings. The van der Waals surface area contributed by atoms with E-state index in [0.717, 1.165) is 0 Å². The van der Waals surface area contributed by atoms with Gasteiger partial charge in [0.1, 0.15) is 11.6 Å². The highest BCUT2D eigenvalue weighted by atomic mass is 19.1. The standard InChI is InChI=1S/C16H15F2NO2/c1-10(20)9-19-16(21)14-7-4-12(8-15(14)18)11-2-5-13(17)6-3-11/h2-8,10,20H,9H2,1H3,(H,19,21). The third kappa shape index (κ3) is 3.86. The van der Waals surface area contributed by atoms with Crippen LogP contribution in [0.4, 0.5) is 8.78 Å². The van der Waals surface area contributed by atoms with Crippen molar-refractivity contribution in [3.05, 3.63) is 59.7 Å². The molecule has 0 heterocycles. The van der Waals surface area contributed by atoms with E-state index in [-0.39, 0.29) is 17.9 Å². The molecule has 3 nitrogen and oxygen atoms in total. The number of amides is 1. The number of hydrogen-bond acceptors (Lipinski definition) is 2. The molecule has 2 N–H and O–H groups in total. The van der Waals surface area contributed by atoms with Gasteiger partial charge in [-0.25, -0.2) is 8.78 Å². The number of halogens is 2. The van der Waals surface area contributed by atoms with Crippen LogP contribution in [0.5, 0.6) is 0 Å². The van der Waals surface area contributed by atoms with Crippen LogP contribution in [0.25, 0.3) is 11.1 Å². The minimum atomic E-state index is -0.699. The summed E-state index contributed by atoms with van der Waals surface area (Å²) in [7, 11) is 0. The van der Waals surface area contributed by atoms with Gasteiger partial charge in [-0.15, -0.1) is 0 Å². The zero-order chi connectivity index (χ0) is 15.4. The Labute approximate surface area is 121 Å². The molecular formula is C16H15F2NO2. The van der Waals surface area contributed by atoms with Crippen molar-refractivity contribution in [3.63, 3.8) is 0 Å². The molecule has 21 heavy (non-hydrogen) atoms.